The number of amides is 3. The Morgan fingerprint density at radius 3 is 2.19 bits per heavy atom. The van der Waals surface area contributed by atoms with Crippen molar-refractivity contribution in [1.29, 1.82) is 0 Å². The maximum Gasteiger partial charge on any atom is 0.253 e. The van der Waals surface area contributed by atoms with Crippen molar-refractivity contribution in [2.45, 2.75) is 33.6 Å². The van der Waals surface area contributed by atoms with Gasteiger partial charge in [0.25, 0.3) is 11.8 Å². The summed E-state index contributed by atoms with van der Waals surface area (Å²) in [4.78, 5) is 45.0. The van der Waals surface area contributed by atoms with E-state index >= 15 is 0 Å². The van der Waals surface area contributed by atoms with Gasteiger partial charge in [0.15, 0.2) is 0 Å². The van der Waals surface area contributed by atoms with Gasteiger partial charge in [0.1, 0.15) is 0 Å². The summed E-state index contributed by atoms with van der Waals surface area (Å²) in [6.45, 7) is 11.6. The molecule has 2 heterocycles. The summed E-state index contributed by atoms with van der Waals surface area (Å²) in [5.74, 6) is -0.0538. The van der Waals surface area contributed by atoms with Crippen LogP contribution in [0, 0.1) is 5.41 Å². The van der Waals surface area contributed by atoms with Gasteiger partial charge in [-0.1, -0.05) is 39.0 Å². The number of benzene rings is 2. The second kappa shape index (κ2) is 11.8. The van der Waals surface area contributed by atoms with Crippen LogP contribution in [0.4, 0.5) is 11.4 Å². The van der Waals surface area contributed by atoms with Crippen molar-refractivity contribution in [2.24, 2.45) is 5.41 Å². The van der Waals surface area contributed by atoms with Crippen LogP contribution in [0.15, 0.2) is 48.5 Å². The molecule has 0 spiro atoms. The van der Waals surface area contributed by atoms with E-state index in [1.54, 1.807) is 0 Å². The van der Waals surface area contributed by atoms with E-state index in [1.165, 1.54) is 0 Å². The molecule has 198 valence electrons. The third kappa shape index (κ3) is 7.10. The Balaban J connectivity index is 1.52. The van der Waals surface area contributed by atoms with Crippen LogP contribution < -0.4 is 15.5 Å². The zero-order valence-electron chi connectivity index (χ0n) is 22.3. The molecule has 0 radical (unpaired) electrons. The van der Waals surface area contributed by atoms with Crippen LogP contribution in [0.5, 0.6) is 0 Å². The Morgan fingerprint density at radius 1 is 0.811 bits per heavy atom. The smallest absolute Gasteiger partial charge is 0.253 e. The third-order valence-electron chi connectivity index (χ3n) is 6.76. The lowest BCUT2D eigenvalue weighted by Crippen LogP contribution is -2.49. The minimum atomic E-state index is -0.153. The summed E-state index contributed by atoms with van der Waals surface area (Å²) in [5, 5.41) is 6.42. The molecule has 2 saturated heterocycles. The third-order valence-corrected chi connectivity index (χ3v) is 6.76. The normalized spacial score (nSPS) is 16.8. The SMILES string of the molecule is CC(C)(C)CC(=O)Nc1cc(C(=O)N2CCCNCC2)ccc1N1CCN(C(=O)c2ccccc2)CC1. The molecule has 8 nitrogen and oxygen atoms in total. The van der Waals surface area contributed by atoms with E-state index in [1.807, 2.05) is 79.1 Å². The van der Waals surface area contributed by atoms with Crippen molar-refractivity contribution in [2.75, 3.05) is 62.6 Å². The quantitative estimate of drug-likeness (QED) is 0.650. The van der Waals surface area contributed by atoms with Gasteiger partial charge in [-0.15, -0.1) is 0 Å². The first-order valence-corrected chi connectivity index (χ1v) is 13.2. The predicted octanol–water partition coefficient (Wildman–Crippen LogP) is 3.46. The van der Waals surface area contributed by atoms with E-state index in [9.17, 15) is 14.4 Å². The zero-order valence-corrected chi connectivity index (χ0v) is 22.3. The van der Waals surface area contributed by atoms with Crippen molar-refractivity contribution in [3.8, 4) is 0 Å². The summed E-state index contributed by atoms with van der Waals surface area (Å²) in [6.07, 6.45) is 1.30. The van der Waals surface area contributed by atoms with Gasteiger partial charge < -0.3 is 25.3 Å². The Morgan fingerprint density at radius 2 is 1.49 bits per heavy atom. The molecule has 8 heteroatoms. The average molecular weight is 506 g/mol. The highest BCUT2D eigenvalue weighted by Gasteiger charge is 2.26. The first-order valence-electron chi connectivity index (χ1n) is 13.2. The largest absolute Gasteiger partial charge is 0.366 e. The van der Waals surface area contributed by atoms with Gasteiger partial charge >= 0.3 is 0 Å². The number of hydrogen-bond acceptors (Lipinski definition) is 5. The molecule has 0 atom stereocenters. The minimum Gasteiger partial charge on any atom is -0.366 e. The molecule has 0 saturated carbocycles. The van der Waals surface area contributed by atoms with Crippen LogP contribution in [-0.2, 0) is 4.79 Å². The molecule has 0 bridgehead atoms. The number of piperazine rings is 1. The molecule has 2 aromatic carbocycles. The first-order chi connectivity index (χ1) is 17.7. The lowest BCUT2D eigenvalue weighted by molar-refractivity contribution is -0.117. The second-order valence-electron chi connectivity index (χ2n) is 11.1. The summed E-state index contributed by atoms with van der Waals surface area (Å²) in [7, 11) is 0. The van der Waals surface area contributed by atoms with Crippen LogP contribution in [-0.4, -0.2) is 79.9 Å². The van der Waals surface area contributed by atoms with Crippen LogP contribution in [0.3, 0.4) is 0 Å². The van der Waals surface area contributed by atoms with Crippen LogP contribution in [0.2, 0.25) is 0 Å². The predicted molar refractivity (Wildman–Crippen MR) is 147 cm³/mol. The van der Waals surface area contributed by atoms with Gasteiger partial charge in [0.05, 0.1) is 11.4 Å². The Hall–Kier alpha value is -3.39. The van der Waals surface area contributed by atoms with E-state index in [4.69, 9.17) is 0 Å². The van der Waals surface area contributed by atoms with E-state index in [0.29, 0.717) is 56.0 Å². The molecule has 2 aliphatic heterocycles. The molecule has 2 aromatic rings. The number of nitrogens with zero attached hydrogens (tertiary/aromatic N) is 3. The summed E-state index contributed by atoms with van der Waals surface area (Å²) < 4.78 is 0. The molecule has 0 aromatic heterocycles. The average Bonchev–Trinajstić information content (AvgIpc) is 3.17. The molecule has 2 aliphatic rings. The van der Waals surface area contributed by atoms with Crippen molar-refractivity contribution in [1.82, 2.24) is 15.1 Å². The van der Waals surface area contributed by atoms with E-state index in [2.05, 4.69) is 15.5 Å². The standard InChI is InChI=1S/C29H39N5O3/c1-29(2,3)21-26(35)31-24-20-23(28(37)33-14-7-12-30-13-15-33)10-11-25(24)32-16-18-34(19-17-32)27(36)22-8-5-4-6-9-22/h4-6,8-11,20,30H,7,12-19,21H2,1-3H3,(H,31,35). The number of anilines is 2. The number of nitrogens with one attached hydrogen (secondary N) is 2. The molecule has 3 amide bonds. The van der Waals surface area contributed by atoms with Crippen LogP contribution >= 0.6 is 0 Å². The highest BCUT2D eigenvalue weighted by atomic mass is 16.2. The minimum absolute atomic E-state index is 0.0140. The Bertz CT molecular complexity index is 1100. The van der Waals surface area contributed by atoms with Crippen molar-refractivity contribution in [3.63, 3.8) is 0 Å². The summed E-state index contributed by atoms with van der Waals surface area (Å²) >= 11 is 0. The van der Waals surface area contributed by atoms with Crippen molar-refractivity contribution in [3.05, 3.63) is 59.7 Å². The van der Waals surface area contributed by atoms with Gasteiger partial charge in [-0.25, -0.2) is 0 Å². The Kier molecular flexibility index (Phi) is 8.48. The molecule has 0 aliphatic carbocycles. The highest BCUT2D eigenvalue weighted by molar-refractivity contribution is 6.00. The molecule has 4 rings (SSSR count). The lowest BCUT2D eigenvalue weighted by atomic mass is 9.92. The molecule has 2 N–H and O–H groups in total. The summed E-state index contributed by atoms with van der Waals surface area (Å²) in [5.41, 5.74) is 2.64. The molecule has 0 unspecified atom stereocenters. The van der Waals surface area contributed by atoms with Gasteiger partial charge in [0, 0.05) is 63.4 Å². The fraction of sp³-hybridized carbons (Fsp3) is 0.483. The van der Waals surface area contributed by atoms with E-state index < -0.39 is 0 Å². The van der Waals surface area contributed by atoms with Gasteiger partial charge in [0.2, 0.25) is 5.91 Å². The number of hydrogen-bond donors (Lipinski definition) is 2. The van der Waals surface area contributed by atoms with Crippen molar-refractivity contribution >= 4 is 29.1 Å². The maximum absolute atomic E-state index is 13.3. The maximum atomic E-state index is 13.3. The fourth-order valence-electron chi connectivity index (χ4n) is 4.87. The highest BCUT2D eigenvalue weighted by Crippen LogP contribution is 2.30. The number of carbonyl (C=O) groups excluding carboxylic acids is 3. The van der Waals surface area contributed by atoms with Gasteiger partial charge in [-0.3, -0.25) is 14.4 Å². The summed E-state index contributed by atoms with van der Waals surface area (Å²) in [6, 6.07) is 14.9. The number of carbonyl (C=O) groups is 3. The van der Waals surface area contributed by atoms with Gasteiger partial charge in [-0.2, -0.15) is 0 Å². The van der Waals surface area contributed by atoms with E-state index in [-0.39, 0.29) is 23.1 Å². The topological polar surface area (TPSA) is 85.0 Å². The van der Waals surface area contributed by atoms with Gasteiger partial charge in [-0.05, 0) is 48.7 Å². The number of rotatable bonds is 5. The van der Waals surface area contributed by atoms with E-state index in [0.717, 1.165) is 31.7 Å². The van der Waals surface area contributed by atoms with Crippen LogP contribution in [0.1, 0.15) is 54.3 Å². The molecular weight excluding hydrogens is 466 g/mol. The van der Waals surface area contributed by atoms with Crippen molar-refractivity contribution < 1.29 is 14.4 Å². The Labute approximate surface area is 220 Å². The fourth-order valence-corrected chi connectivity index (χ4v) is 4.87. The van der Waals surface area contributed by atoms with Crippen LogP contribution in [0.25, 0.3) is 0 Å². The molecular formula is C29H39N5O3. The molecule has 37 heavy (non-hydrogen) atoms. The second-order valence-corrected chi connectivity index (χ2v) is 11.1. The molecule has 2 fully saturated rings. The zero-order chi connectivity index (χ0) is 26.4. The lowest BCUT2D eigenvalue weighted by Gasteiger charge is -2.37. The first kappa shape index (κ1) is 26.7. The monoisotopic (exact) mass is 505 g/mol.